The lowest BCUT2D eigenvalue weighted by Gasteiger charge is -2.10. The van der Waals surface area contributed by atoms with Crippen molar-refractivity contribution < 1.29 is 0 Å². The lowest BCUT2D eigenvalue weighted by atomic mass is 10.1. The molecule has 0 spiro atoms. The molecule has 0 fully saturated rings. The predicted octanol–water partition coefficient (Wildman–Crippen LogP) is 4.16. The highest BCUT2D eigenvalue weighted by Crippen LogP contribution is 2.17. The molecule has 0 amide bonds. The van der Waals surface area contributed by atoms with Crippen molar-refractivity contribution in [3.63, 3.8) is 0 Å². The van der Waals surface area contributed by atoms with Gasteiger partial charge >= 0.3 is 0 Å². The summed E-state index contributed by atoms with van der Waals surface area (Å²) in [6.45, 7) is 7.71. The number of anilines is 1. The van der Waals surface area contributed by atoms with Crippen LogP contribution >= 0.6 is 0 Å². The van der Waals surface area contributed by atoms with Crippen LogP contribution < -0.4 is 5.32 Å². The molecule has 1 nitrogen and oxygen atoms in total. The summed E-state index contributed by atoms with van der Waals surface area (Å²) >= 11 is 0. The second kappa shape index (κ2) is 6.49. The molecule has 0 aliphatic rings. The van der Waals surface area contributed by atoms with Crippen LogP contribution in [-0.2, 0) is 6.42 Å². The van der Waals surface area contributed by atoms with Crippen molar-refractivity contribution >= 4 is 5.69 Å². The summed E-state index contributed by atoms with van der Waals surface area (Å²) in [4.78, 5) is 0. The maximum absolute atomic E-state index is 3.52. The Bertz CT molecular complexity index is 291. The zero-order valence-corrected chi connectivity index (χ0v) is 10.3. The molecule has 1 N–H and O–H groups in total. The van der Waals surface area contributed by atoms with Gasteiger partial charge in [0, 0.05) is 12.2 Å². The minimum atomic E-state index is 1.10. The SMILES string of the molecule is CCCCCNc1cc(CC)ccc1C. The van der Waals surface area contributed by atoms with E-state index in [4.69, 9.17) is 0 Å². The summed E-state index contributed by atoms with van der Waals surface area (Å²) < 4.78 is 0. The zero-order chi connectivity index (χ0) is 11.1. The number of nitrogens with one attached hydrogen (secondary N) is 1. The molecule has 1 rings (SSSR count). The summed E-state index contributed by atoms with van der Waals surface area (Å²) in [6.07, 6.45) is 4.99. The normalized spacial score (nSPS) is 10.3. The summed E-state index contributed by atoms with van der Waals surface area (Å²) in [5.74, 6) is 0. The first-order valence-electron chi connectivity index (χ1n) is 6.11. The summed E-state index contributed by atoms with van der Waals surface area (Å²) in [5, 5.41) is 3.52. The second-order valence-electron chi connectivity index (χ2n) is 4.14. The van der Waals surface area contributed by atoms with E-state index in [1.807, 2.05) is 0 Å². The van der Waals surface area contributed by atoms with E-state index in [-0.39, 0.29) is 0 Å². The minimum absolute atomic E-state index is 1.10. The molecule has 15 heavy (non-hydrogen) atoms. The Balaban J connectivity index is 2.51. The van der Waals surface area contributed by atoms with Crippen LogP contribution in [0, 0.1) is 6.92 Å². The highest BCUT2D eigenvalue weighted by atomic mass is 14.9. The van der Waals surface area contributed by atoms with Crippen LogP contribution in [0.3, 0.4) is 0 Å². The van der Waals surface area contributed by atoms with Crippen molar-refractivity contribution in [2.75, 3.05) is 11.9 Å². The van der Waals surface area contributed by atoms with Gasteiger partial charge in [0.25, 0.3) is 0 Å². The van der Waals surface area contributed by atoms with Crippen molar-refractivity contribution in [1.29, 1.82) is 0 Å². The quantitative estimate of drug-likeness (QED) is 0.688. The van der Waals surface area contributed by atoms with E-state index >= 15 is 0 Å². The lowest BCUT2D eigenvalue weighted by Crippen LogP contribution is -2.03. The molecule has 1 heteroatoms. The van der Waals surface area contributed by atoms with E-state index < -0.39 is 0 Å². The summed E-state index contributed by atoms with van der Waals surface area (Å²) in [7, 11) is 0. The fourth-order valence-electron chi connectivity index (χ4n) is 1.68. The molecule has 1 aromatic rings. The van der Waals surface area contributed by atoms with Crippen LogP contribution in [0.15, 0.2) is 18.2 Å². The van der Waals surface area contributed by atoms with Crippen molar-refractivity contribution in [3.8, 4) is 0 Å². The maximum Gasteiger partial charge on any atom is 0.0372 e. The monoisotopic (exact) mass is 205 g/mol. The first-order valence-corrected chi connectivity index (χ1v) is 6.11. The molecule has 0 aromatic heterocycles. The first-order chi connectivity index (χ1) is 7.27. The Labute approximate surface area is 93.9 Å². The molecule has 0 saturated heterocycles. The van der Waals surface area contributed by atoms with Gasteiger partial charge in [-0.05, 0) is 37.0 Å². The van der Waals surface area contributed by atoms with Gasteiger partial charge in [0.05, 0.1) is 0 Å². The lowest BCUT2D eigenvalue weighted by molar-refractivity contribution is 0.743. The predicted molar refractivity (Wildman–Crippen MR) is 68.6 cm³/mol. The fraction of sp³-hybridized carbons (Fsp3) is 0.571. The largest absolute Gasteiger partial charge is 0.385 e. The van der Waals surface area contributed by atoms with Crippen molar-refractivity contribution in [1.82, 2.24) is 0 Å². The smallest absolute Gasteiger partial charge is 0.0372 e. The third kappa shape index (κ3) is 3.94. The fourth-order valence-corrected chi connectivity index (χ4v) is 1.68. The van der Waals surface area contributed by atoms with E-state index in [0.717, 1.165) is 13.0 Å². The van der Waals surface area contributed by atoms with Gasteiger partial charge in [-0.3, -0.25) is 0 Å². The highest BCUT2D eigenvalue weighted by molar-refractivity contribution is 5.52. The van der Waals surface area contributed by atoms with Gasteiger partial charge in [-0.1, -0.05) is 38.8 Å². The van der Waals surface area contributed by atoms with Crippen LogP contribution in [0.4, 0.5) is 5.69 Å². The maximum atomic E-state index is 3.52. The molecular formula is C14H23N. The Kier molecular flexibility index (Phi) is 5.23. The van der Waals surface area contributed by atoms with Gasteiger partial charge in [-0.15, -0.1) is 0 Å². The molecule has 0 saturated carbocycles. The van der Waals surface area contributed by atoms with Crippen LogP contribution in [0.2, 0.25) is 0 Å². The molecule has 0 unspecified atom stereocenters. The molecule has 0 bridgehead atoms. The van der Waals surface area contributed by atoms with Crippen LogP contribution in [0.5, 0.6) is 0 Å². The molecule has 0 radical (unpaired) electrons. The third-order valence-corrected chi connectivity index (χ3v) is 2.81. The zero-order valence-electron chi connectivity index (χ0n) is 10.3. The standard InChI is InChI=1S/C14H23N/c1-4-6-7-10-15-14-11-13(5-2)9-8-12(14)3/h8-9,11,15H,4-7,10H2,1-3H3. The van der Waals surface area contributed by atoms with Gasteiger partial charge in [0.2, 0.25) is 0 Å². The van der Waals surface area contributed by atoms with Gasteiger partial charge in [0.1, 0.15) is 0 Å². The molecule has 1 aromatic carbocycles. The van der Waals surface area contributed by atoms with Gasteiger partial charge in [0.15, 0.2) is 0 Å². The number of aryl methyl sites for hydroxylation is 2. The topological polar surface area (TPSA) is 12.0 Å². The van der Waals surface area contributed by atoms with Gasteiger partial charge < -0.3 is 5.32 Å². The summed E-state index contributed by atoms with van der Waals surface area (Å²) in [5.41, 5.74) is 4.08. The molecule has 0 aliphatic carbocycles. The first kappa shape index (κ1) is 12.1. The third-order valence-electron chi connectivity index (χ3n) is 2.81. The minimum Gasteiger partial charge on any atom is -0.385 e. The van der Waals surface area contributed by atoms with Crippen LogP contribution in [0.25, 0.3) is 0 Å². The average Bonchev–Trinajstić information content (AvgIpc) is 2.26. The van der Waals surface area contributed by atoms with Crippen LogP contribution in [-0.4, -0.2) is 6.54 Å². The van der Waals surface area contributed by atoms with Crippen molar-refractivity contribution in [2.45, 2.75) is 46.5 Å². The van der Waals surface area contributed by atoms with Gasteiger partial charge in [-0.25, -0.2) is 0 Å². The van der Waals surface area contributed by atoms with Crippen molar-refractivity contribution in [2.24, 2.45) is 0 Å². The summed E-state index contributed by atoms with van der Waals surface area (Å²) in [6, 6.07) is 6.70. The second-order valence-corrected chi connectivity index (χ2v) is 4.14. The van der Waals surface area contributed by atoms with Gasteiger partial charge in [-0.2, -0.15) is 0 Å². The molecular weight excluding hydrogens is 182 g/mol. The van der Waals surface area contributed by atoms with E-state index in [0.29, 0.717) is 0 Å². The highest BCUT2D eigenvalue weighted by Gasteiger charge is 1.98. The van der Waals surface area contributed by atoms with Crippen molar-refractivity contribution in [3.05, 3.63) is 29.3 Å². The molecule has 0 aliphatic heterocycles. The van der Waals surface area contributed by atoms with Crippen LogP contribution in [0.1, 0.15) is 44.2 Å². The Morgan fingerprint density at radius 3 is 2.60 bits per heavy atom. The molecule has 0 atom stereocenters. The molecule has 84 valence electrons. The van der Waals surface area contributed by atoms with E-state index in [1.165, 1.54) is 36.1 Å². The number of hydrogen-bond donors (Lipinski definition) is 1. The Hall–Kier alpha value is -0.980. The molecule has 0 heterocycles. The Morgan fingerprint density at radius 2 is 1.93 bits per heavy atom. The number of rotatable bonds is 6. The van der Waals surface area contributed by atoms with E-state index in [2.05, 4.69) is 44.3 Å². The van der Waals surface area contributed by atoms with E-state index in [1.54, 1.807) is 0 Å². The number of unbranched alkanes of at least 4 members (excludes halogenated alkanes) is 2. The number of benzene rings is 1. The van der Waals surface area contributed by atoms with E-state index in [9.17, 15) is 0 Å². The number of hydrogen-bond acceptors (Lipinski definition) is 1. The average molecular weight is 205 g/mol. The Morgan fingerprint density at radius 1 is 1.13 bits per heavy atom.